The second-order valence-electron chi connectivity index (χ2n) is 3.42. The number of aromatic hydroxyl groups is 1. The fraction of sp³-hybridized carbons (Fsp3) is 0.500. The van der Waals surface area contributed by atoms with Crippen LogP contribution in [-0.4, -0.2) is 22.7 Å². The van der Waals surface area contributed by atoms with Gasteiger partial charge in [0, 0.05) is 19.2 Å². The summed E-state index contributed by atoms with van der Waals surface area (Å²) < 4.78 is 5.70. The monoisotopic (exact) mass is 230 g/mol. The number of rotatable bonds is 1. The van der Waals surface area contributed by atoms with Gasteiger partial charge in [-0.3, -0.25) is 4.98 Å². The zero-order valence-corrected chi connectivity index (χ0v) is 9.38. The molecule has 2 N–H and O–H groups in total. The minimum absolute atomic E-state index is 0. The van der Waals surface area contributed by atoms with Crippen LogP contribution in [0.2, 0.25) is 0 Å². The van der Waals surface area contributed by atoms with Crippen LogP contribution in [0.4, 0.5) is 0 Å². The summed E-state index contributed by atoms with van der Waals surface area (Å²) in [5, 5.41) is 12.5. The first-order valence-electron chi connectivity index (χ1n) is 4.85. The minimum atomic E-state index is 0. The molecule has 0 amide bonds. The average Bonchev–Trinajstić information content (AvgIpc) is 2.38. The number of nitrogens with one attached hydrogen (secondary N) is 1. The summed E-state index contributed by atoms with van der Waals surface area (Å²) in [7, 11) is 0. The normalized spacial score (nSPS) is 19.4. The standard InChI is InChI=1S/C10H14N2O2.ClH/c1-2-8-5-11-6-9-10(14-8)3-7(13)4-12-9;/h3-4,8,11,13H,2,5-6H2,1H3;1H/t8-;/m1./s1. The molecule has 1 atom stereocenters. The van der Waals surface area contributed by atoms with Gasteiger partial charge in [-0.25, -0.2) is 0 Å². The Kier molecular flexibility index (Phi) is 4.17. The average molecular weight is 231 g/mol. The number of fused-ring (bicyclic) bond motifs is 1. The second-order valence-corrected chi connectivity index (χ2v) is 3.42. The van der Waals surface area contributed by atoms with E-state index >= 15 is 0 Å². The van der Waals surface area contributed by atoms with Crippen LogP contribution in [0.1, 0.15) is 19.0 Å². The van der Waals surface area contributed by atoms with E-state index in [1.54, 1.807) is 6.07 Å². The van der Waals surface area contributed by atoms with Crippen molar-refractivity contribution >= 4 is 12.4 Å². The molecule has 0 spiro atoms. The lowest BCUT2D eigenvalue weighted by molar-refractivity contribution is 0.201. The lowest BCUT2D eigenvalue weighted by atomic mass is 10.3. The number of ether oxygens (including phenoxy) is 1. The predicted molar refractivity (Wildman–Crippen MR) is 59.6 cm³/mol. The summed E-state index contributed by atoms with van der Waals surface area (Å²) >= 11 is 0. The number of pyridine rings is 1. The molecule has 1 aliphatic heterocycles. The summed E-state index contributed by atoms with van der Waals surface area (Å²) in [4.78, 5) is 4.11. The van der Waals surface area contributed by atoms with Crippen molar-refractivity contribution in [2.75, 3.05) is 6.54 Å². The molecule has 5 heteroatoms. The highest BCUT2D eigenvalue weighted by Gasteiger charge is 2.16. The van der Waals surface area contributed by atoms with Crippen LogP contribution in [0.15, 0.2) is 12.3 Å². The van der Waals surface area contributed by atoms with E-state index in [-0.39, 0.29) is 24.3 Å². The molecule has 0 saturated heterocycles. The van der Waals surface area contributed by atoms with E-state index in [2.05, 4.69) is 17.2 Å². The van der Waals surface area contributed by atoms with Gasteiger partial charge in [-0.15, -0.1) is 12.4 Å². The van der Waals surface area contributed by atoms with Crippen molar-refractivity contribution in [3.63, 3.8) is 0 Å². The summed E-state index contributed by atoms with van der Waals surface area (Å²) in [6, 6.07) is 1.62. The van der Waals surface area contributed by atoms with Crippen molar-refractivity contribution in [2.24, 2.45) is 0 Å². The SMILES string of the molecule is CC[C@@H]1CNCc2ncc(O)cc2O1.Cl. The van der Waals surface area contributed by atoms with E-state index in [0.717, 1.165) is 18.7 Å². The third-order valence-corrected chi connectivity index (χ3v) is 2.33. The van der Waals surface area contributed by atoms with Gasteiger partial charge in [0.15, 0.2) is 0 Å². The first-order chi connectivity index (χ1) is 6.79. The largest absolute Gasteiger partial charge is 0.506 e. The van der Waals surface area contributed by atoms with E-state index < -0.39 is 0 Å². The number of hydrogen-bond donors (Lipinski definition) is 2. The van der Waals surface area contributed by atoms with Gasteiger partial charge in [0.05, 0.1) is 11.9 Å². The summed E-state index contributed by atoms with van der Waals surface area (Å²) in [6.07, 6.45) is 2.55. The maximum Gasteiger partial charge on any atom is 0.146 e. The Morgan fingerprint density at radius 2 is 2.47 bits per heavy atom. The van der Waals surface area contributed by atoms with E-state index in [9.17, 15) is 5.11 Å². The number of halogens is 1. The van der Waals surface area contributed by atoms with Gasteiger partial charge in [-0.2, -0.15) is 0 Å². The Bertz CT molecular complexity index is 333. The van der Waals surface area contributed by atoms with Gasteiger partial charge >= 0.3 is 0 Å². The van der Waals surface area contributed by atoms with E-state index in [1.165, 1.54) is 6.20 Å². The molecule has 84 valence electrons. The van der Waals surface area contributed by atoms with Crippen molar-refractivity contribution in [3.8, 4) is 11.5 Å². The molecule has 0 unspecified atom stereocenters. The summed E-state index contributed by atoms with van der Waals surface area (Å²) in [5.41, 5.74) is 0.860. The third-order valence-electron chi connectivity index (χ3n) is 2.33. The molecule has 2 rings (SSSR count). The zero-order valence-electron chi connectivity index (χ0n) is 8.56. The molecule has 0 aliphatic carbocycles. The molecule has 1 aliphatic rings. The molecule has 2 heterocycles. The van der Waals surface area contributed by atoms with Gasteiger partial charge in [0.25, 0.3) is 0 Å². The smallest absolute Gasteiger partial charge is 0.146 e. The molecular weight excluding hydrogens is 216 g/mol. The Hall–Kier alpha value is -1.00. The van der Waals surface area contributed by atoms with Crippen LogP contribution in [0.5, 0.6) is 11.5 Å². The molecule has 0 aromatic carbocycles. The van der Waals surface area contributed by atoms with Crippen LogP contribution >= 0.6 is 12.4 Å². The molecule has 15 heavy (non-hydrogen) atoms. The van der Waals surface area contributed by atoms with Crippen molar-refractivity contribution in [3.05, 3.63) is 18.0 Å². The Morgan fingerprint density at radius 1 is 1.67 bits per heavy atom. The first-order valence-corrected chi connectivity index (χ1v) is 4.85. The van der Waals surface area contributed by atoms with Crippen molar-refractivity contribution in [1.29, 1.82) is 0 Å². The van der Waals surface area contributed by atoms with Gasteiger partial charge in [0.2, 0.25) is 0 Å². The van der Waals surface area contributed by atoms with E-state index in [4.69, 9.17) is 4.74 Å². The lowest BCUT2D eigenvalue weighted by Gasteiger charge is -2.14. The molecular formula is C10H15ClN2O2. The quantitative estimate of drug-likeness (QED) is 0.767. The maximum atomic E-state index is 9.28. The maximum absolute atomic E-state index is 9.28. The highest BCUT2D eigenvalue weighted by atomic mass is 35.5. The second kappa shape index (κ2) is 5.19. The van der Waals surface area contributed by atoms with Gasteiger partial charge in [0.1, 0.15) is 17.6 Å². The fourth-order valence-electron chi connectivity index (χ4n) is 1.50. The van der Waals surface area contributed by atoms with Crippen molar-refractivity contribution < 1.29 is 9.84 Å². The molecule has 0 fully saturated rings. The molecule has 0 radical (unpaired) electrons. The van der Waals surface area contributed by atoms with Crippen LogP contribution in [0.3, 0.4) is 0 Å². The van der Waals surface area contributed by atoms with Crippen LogP contribution in [-0.2, 0) is 6.54 Å². The Balaban J connectivity index is 0.00000112. The Morgan fingerprint density at radius 3 is 3.20 bits per heavy atom. The Labute approximate surface area is 95.1 Å². The number of nitrogens with zero attached hydrogens (tertiary/aromatic N) is 1. The van der Waals surface area contributed by atoms with Crippen molar-refractivity contribution in [2.45, 2.75) is 26.0 Å². The van der Waals surface area contributed by atoms with Crippen LogP contribution in [0.25, 0.3) is 0 Å². The number of hydrogen-bond acceptors (Lipinski definition) is 4. The minimum Gasteiger partial charge on any atom is -0.506 e. The van der Waals surface area contributed by atoms with Gasteiger partial charge in [-0.1, -0.05) is 6.92 Å². The topological polar surface area (TPSA) is 54.4 Å². The van der Waals surface area contributed by atoms with E-state index in [0.29, 0.717) is 12.3 Å². The zero-order chi connectivity index (χ0) is 9.97. The van der Waals surface area contributed by atoms with Crippen molar-refractivity contribution in [1.82, 2.24) is 10.3 Å². The van der Waals surface area contributed by atoms with Crippen LogP contribution in [0, 0.1) is 0 Å². The highest BCUT2D eigenvalue weighted by Crippen LogP contribution is 2.24. The molecule has 4 nitrogen and oxygen atoms in total. The molecule has 1 aromatic heterocycles. The van der Waals surface area contributed by atoms with E-state index in [1.807, 2.05) is 0 Å². The van der Waals surface area contributed by atoms with Gasteiger partial charge < -0.3 is 15.2 Å². The van der Waals surface area contributed by atoms with Crippen LogP contribution < -0.4 is 10.1 Å². The van der Waals surface area contributed by atoms with Gasteiger partial charge in [-0.05, 0) is 6.42 Å². The predicted octanol–water partition coefficient (Wildman–Crippen LogP) is 1.47. The summed E-state index contributed by atoms with van der Waals surface area (Å²) in [5.74, 6) is 0.849. The molecule has 0 saturated carbocycles. The third kappa shape index (κ3) is 2.73. The fourth-order valence-corrected chi connectivity index (χ4v) is 1.50. The summed E-state index contributed by atoms with van der Waals surface area (Å²) in [6.45, 7) is 3.60. The molecule has 1 aromatic rings. The first kappa shape index (κ1) is 12.1. The number of aromatic nitrogens is 1. The highest BCUT2D eigenvalue weighted by molar-refractivity contribution is 5.85. The molecule has 0 bridgehead atoms. The lowest BCUT2D eigenvalue weighted by Crippen LogP contribution is -2.27.